The topological polar surface area (TPSA) is 64.9 Å². The minimum Gasteiger partial charge on any atom is -1.00 e. The van der Waals surface area contributed by atoms with Crippen LogP contribution >= 0.6 is 27.7 Å². The molecule has 0 amide bonds. The van der Waals surface area contributed by atoms with Gasteiger partial charge in [-0.1, -0.05) is 39.8 Å². The number of hydrogen-bond donors (Lipinski definition) is 1. The Balaban J connectivity index is 0.00000300. The molecule has 1 aromatic heterocycles. The maximum absolute atomic E-state index is 13.0. The van der Waals surface area contributed by atoms with E-state index in [4.69, 9.17) is 4.74 Å². The smallest absolute Gasteiger partial charge is 0.209 e. The third-order valence-electron chi connectivity index (χ3n) is 3.96. The minimum atomic E-state index is -0.245. The van der Waals surface area contributed by atoms with Crippen molar-refractivity contribution in [3.8, 4) is 5.75 Å². The molecule has 3 aromatic rings. The van der Waals surface area contributed by atoms with Crippen LogP contribution in [0, 0.1) is 5.82 Å². The Labute approximate surface area is 188 Å². The third-order valence-corrected chi connectivity index (χ3v) is 5.55. The highest BCUT2D eigenvalue weighted by Crippen LogP contribution is 2.24. The van der Waals surface area contributed by atoms with Gasteiger partial charge in [-0.15, -0.1) is 5.10 Å². The van der Waals surface area contributed by atoms with Crippen LogP contribution in [-0.4, -0.2) is 32.5 Å². The number of hydrogen-bond acceptors (Lipinski definition) is 6. The van der Waals surface area contributed by atoms with Crippen LogP contribution in [0.15, 0.2) is 52.1 Å². The lowest BCUT2D eigenvalue weighted by Gasteiger charge is -2.13. The van der Waals surface area contributed by atoms with Gasteiger partial charge in [0, 0.05) is 29.4 Å². The number of thioether (sulfide) groups is 1. The van der Waals surface area contributed by atoms with E-state index in [2.05, 4.69) is 36.8 Å². The fourth-order valence-corrected chi connectivity index (χ4v) is 3.69. The second-order valence-corrected chi connectivity index (χ2v) is 8.11. The molecule has 156 valence electrons. The van der Waals surface area contributed by atoms with E-state index in [9.17, 15) is 4.39 Å². The molecule has 0 spiro atoms. The highest BCUT2D eigenvalue weighted by molar-refractivity contribution is 9.10. The molecule has 29 heavy (non-hydrogen) atoms. The van der Waals surface area contributed by atoms with Gasteiger partial charge in [0.15, 0.2) is 0 Å². The Morgan fingerprint density at radius 1 is 1.21 bits per heavy atom. The van der Waals surface area contributed by atoms with Crippen molar-refractivity contribution in [1.82, 2.24) is 25.5 Å². The number of nitrogens with one attached hydrogen (secondary N) is 1. The summed E-state index contributed by atoms with van der Waals surface area (Å²) in [6.07, 6.45) is 0.997. The molecule has 10 heteroatoms. The first-order valence-corrected chi connectivity index (χ1v) is 10.6. The zero-order valence-electron chi connectivity index (χ0n) is 15.8. The Hall–Kier alpha value is -1.68. The molecule has 0 aliphatic heterocycles. The standard InChI is InChI=1S/C19H21BrFN5OS.ClH/c1-26-19(23-24-25-26)28-10-2-9-22-12-15-11-16(20)5-8-18(15)27-13-14-3-6-17(21)7-4-14;/h3-8,11,22H,2,9-10,12-13H2,1H3;1H/p-1. The highest BCUT2D eigenvalue weighted by atomic mass is 79.9. The van der Waals surface area contributed by atoms with E-state index >= 15 is 0 Å². The second-order valence-electron chi connectivity index (χ2n) is 6.13. The summed E-state index contributed by atoms with van der Waals surface area (Å²) in [5.41, 5.74) is 2.00. The molecule has 0 bridgehead atoms. The van der Waals surface area contributed by atoms with Gasteiger partial charge in [-0.05, 0) is 59.3 Å². The quantitative estimate of drug-likeness (QED) is 0.330. The van der Waals surface area contributed by atoms with Gasteiger partial charge in [0.1, 0.15) is 18.2 Å². The van der Waals surface area contributed by atoms with Crippen molar-refractivity contribution in [2.45, 2.75) is 24.7 Å². The van der Waals surface area contributed by atoms with E-state index in [1.807, 2.05) is 25.2 Å². The molecular formula is C19H21BrClFN5OS-. The van der Waals surface area contributed by atoms with E-state index in [-0.39, 0.29) is 18.2 Å². The lowest BCUT2D eigenvalue weighted by molar-refractivity contribution is -0.00000674. The maximum atomic E-state index is 13.0. The monoisotopic (exact) mass is 500 g/mol. The highest BCUT2D eigenvalue weighted by Gasteiger charge is 2.06. The number of benzene rings is 2. The fourth-order valence-electron chi connectivity index (χ4n) is 2.50. The molecular weight excluding hydrogens is 481 g/mol. The van der Waals surface area contributed by atoms with Crippen LogP contribution < -0.4 is 22.5 Å². The molecule has 1 N–H and O–H groups in total. The Morgan fingerprint density at radius 3 is 2.72 bits per heavy atom. The summed E-state index contributed by atoms with van der Waals surface area (Å²) in [7, 11) is 1.83. The van der Waals surface area contributed by atoms with Crippen molar-refractivity contribution < 1.29 is 21.5 Å². The molecule has 0 atom stereocenters. The van der Waals surface area contributed by atoms with Crippen molar-refractivity contribution in [2.75, 3.05) is 12.3 Å². The summed E-state index contributed by atoms with van der Waals surface area (Å²) in [5, 5.41) is 15.7. The molecule has 3 rings (SSSR count). The number of aromatic nitrogens is 4. The first-order chi connectivity index (χ1) is 13.6. The number of tetrazole rings is 1. The van der Waals surface area contributed by atoms with Gasteiger partial charge in [-0.2, -0.15) is 0 Å². The summed E-state index contributed by atoms with van der Waals surface area (Å²) in [5.74, 6) is 1.51. The van der Waals surface area contributed by atoms with Gasteiger partial charge >= 0.3 is 0 Å². The Bertz CT molecular complexity index is 897. The number of rotatable bonds is 10. The Morgan fingerprint density at radius 2 is 2.00 bits per heavy atom. The van der Waals surface area contributed by atoms with E-state index in [0.29, 0.717) is 13.2 Å². The molecule has 0 aliphatic rings. The second kappa shape index (κ2) is 12.1. The fraction of sp³-hybridized carbons (Fsp3) is 0.316. The summed E-state index contributed by atoms with van der Waals surface area (Å²) < 4.78 is 21.6. The predicted octanol–water partition coefficient (Wildman–Crippen LogP) is 0.967. The van der Waals surface area contributed by atoms with E-state index in [1.165, 1.54) is 12.1 Å². The first-order valence-electron chi connectivity index (χ1n) is 8.83. The molecule has 0 fully saturated rings. The first kappa shape index (κ1) is 23.6. The average Bonchev–Trinajstić information content (AvgIpc) is 3.10. The van der Waals surface area contributed by atoms with E-state index in [0.717, 1.165) is 45.2 Å². The average molecular weight is 502 g/mol. The minimum absolute atomic E-state index is 0. The summed E-state index contributed by atoms with van der Waals surface area (Å²) >= 11 is 5.15. The summed E-state index contributed by atoms with van der Waals surface area (Å²) in [4.78, 5) is 0. The Kier molecular flexibility index (Phi) is 9.86. The predicted molar refractivity (Wildman–Crippen MR) is 111 cm³/mol. The van der Waals surface area contributed by atoms with Crippen molar-refractivity contribution in [3.63, 3.8) is 0 Å². The van der Waals surface area contributed by atoms with Crippen LogP contribution in [0.25, 0.3) is 0 Å². The van der Waals surface area contributed by atoms with E-state index < -0.39 is 0 Å². The molecule has 0 radical (unpaired) electrons. The molecule has 2 aromatic carbocycles. The third kappa shape index (κ3) is 7.58. The zero-order valence-corrected chi connectivity index (χ0v) is 19.0. The largest absolute Gasteiger partial charge is 1.00 e. The number of nitrogens with zero attached hydrogens (tertiary/aromatic N) is 4. The molecule has 0 unspecified atom stereocenters. The van der Waals surface area contributed by atoms with Crippen LogP contribution in [-0.2, 0) is 20.2 Å². The van der Waals surface area contributed by atoms with Crippen molar-refractivity contribution in [2.24, 2.45) is 7.05 Å². The number of halogens is 3. The maximum Gasteiger partial charge on any atom is 0.209 e. The van der Waals surface area contributed by atoms with E-state index in [1.54, 1.807) is 28.6 Å². The van der Waals surface area contributed by atoms with Crippen LogP contribution in [0.3, 0.4) is 0 Å². The van der Waals surface area contributed by atoms with Crippen molar-refractivity contribution in [3.05, 3.63) is 63.9 Å². The summed E-state index contributed by atoms with van der Waals surface area (Å²) in [6, 6.07) is 12.3. The van der Waals surface area contributed by atoms with Gasteiger partial charge < -0.3 is 22.5 Å². The lowest BCUT2D eigenvalue weighted by atomic mass is 10.2. The van der Waals surface area contributed by atoms with Gasteiger partial charge in [0.05, 0.1) is 0 Å². The number of ether oxygens (including phenoxy) is 1. The van der Waals surface area contributed by atoms with Gasteiger partial charge in [0.25, 0.3) is 0 Å². The molecule has 1 heterocycles. The van der Waals surface area contributed by atoms with Crippen LogP contribution in [0.2, 0.25) is 0 Å². The van der Waals surface area contributed by atoms with Crippen LogP contribution in [0.4, 0.5) is 4.39 Å². The normalized spacial score (nSPS) is 10.6. The molecule has 0 aliphatic carbocycles. The molecule has 6 nitrogen and oxygen atoms in total. The van der Waals surface area contributed by atoms with Crippen molar-refractivity contribution >= 4 is 27.7 Å². The number of aryl methyl sites for hydroxylation is 1. The summed E-state index contributed by atoms with van der Waals surface area (Å²) in [6.45, 7) is 1.98. The zero-order chi connectivity index (χ0) is 19.8. The molecule has 0 saturated carbocycles. The van der Waals surface area contributed by atoms with Gasteiger partial charge in [-0.25, -0.2) is 9.07 Å². The molecule has 0 saturated heterocycles. The van der Waals surface area contributed by atoms with Gasteiger partial charge in [-0.3, -0.25) is 0 Å². The van der Waals surface area contributed by atoms with Crippen LogP contribution in [0.5, 0.6) is 5.75 Å². The SMILES string of the molecule is Cn1nnnc1SCCCNCc1cc(Br)ccc1OCc1ccc(F)cc1.[Cl-]. The van der Waals surface area contributed by atoms with Crippen molar-refractivity contribution in [1.29, 1.82) is 0 Å². The lowest BCUT2D eigenvalue weighted by Crippen LogP contribution is -3.00. The van der Waals surface area contributed by atoms with Crippen LogP contribution in [0.1, 0.15) is 17.5 Å². The van der Waals surface area contributed by atoms with Gasteiger partial charge in [0.2, 0.25) is 5.16 Å².